The molecule has 0 aromatic heterocycles. The van der Waals surface area contributed by atoms with Crippen LogP contribution in [0.2, 0.25) is 0 Å². The first-order valence-electron chi connectivity index (χ1n) is 6.22. The first kappa shape index (κ1) is 14.1. The van der Waals surface area contributed by atoms with Crippen molar-refractivity contribution < 1.29 is 4.79 Å². The summed E-state index contributed by atoms with van der Waals surface area (Å²) in [6.07, 6.45) is 0. The van der Waals surface area contributed by atoms with Crippen molar-refractivity contribution in [1.82, 2.24) is 10.2 Å². The van der Waals surface area contributed by atoms with Gasteiger partial charge in [-0.25, -0.2) is 0 Å². The van der Waals surface area contributed by atoms with Gasteiger partial charge in [0.2, 0.25) is 0 Å². The van der Waals surface area contributed by atoms with E-state index in [0.29, 0.717) is 6.54 Å². The largest absolute Gasteiger partial charge is 0.315 e. The minimum absolute atomic E-state index is 0.270. The number of nitrogens with zero attached hydrogens (tertiary/aromatic N) is 1. The van der Waals surface area contributed by atoms with Crippen molar-refractivity contribution in [2.24, 2.45) is 0 Å². The second-order valence-corrected chi connectivity index (χ2v) is 5.21. The van der Waals surface area contributed by atoms with Crippen LogP contribution < -0.4 is 10.6 Å². The number of carbonyl (C=O) groups excluding carboxylic acids is 1. The van der Waals surface area contributed by atoms with Crippen LogP contribution in [-0.4, -0.2) is 43.5 Å². The second kappa shape index (κ2) is 7.29. The van der Waals surface area contributed by atoms with Crippen molar-refractivity contribution in [3.05, 3.63) is 28.7 Å². The summed E-state index contributed by atoms with van der Waals surface area (Å²) in [6, 6.07) is 7.45. The Morgan fingerprint density at radius 2 is 2.21 bits per heavy atom. The molecule has 1 amide bonds. The highest BCUT2D eigenvalue weighted by molar-refractivity contribution is 9.10. The Balaban J connectivity index is 1.81. The standard InChI is InChI=1S/C14H16BrN3O/c15-12-3-1-4-13(11-12)17-14(19)5-2-8-18-9-6-16-7-10-18/h1,3-4,11,16H,6-10H2,(H,17,19). The quantitative estimate of drug-likeness (QED) is 0.807. The zero-order chi connectivity index (χ0) is 13.5. The van der Waals surface area contributed by atoms with Crippen molar-refractivity contribution in [2.45, 2.75) is 0 Å². The van der Waals surface area contributed by atoms with E-state index in [1.807, 2.05) is 24.3 Å². The molecule has 0 bridgehead atoms. The average Bonchev–Trinajstić information content (AvgIpc) is 2.40. The number of piperazine rings is 1. The normalized spacial score (nSPS) is 15.4. The molecule has 100 valence electrons. The zero-order valence-corrected chi connectivity index (χ0v) is 12.2. The Kier molecular flexibility index (Phi) is 5.40. The Hall–Kier alpha value is -1.35. The summed E-state index contributed by atoms with van der Waals surface area (Å²) in [5.74, 6) is 5.26. The number of halogens is 1. The Bertz CT molecular complexity index is 501. The number of anilines is 1. The van der Waals surface area contributed by atoms with Gasteiger partial charge < -0.3 is 10.6 Å². The molecule has 1 fully saturated rings. The third-order valence-electron chi connectivity index (χ3n) is 2.80. The van der Waals surface area contributed by atoms with Gasteiger partial charge in [-0.2, -0.15) is 0 Å². The summed E-state index contributed by atoms with van der Waals surface area (Å²) in [5, 5.41) is 6.03. The van der Waals surface area contributed by atoms with Gasteiger partial charge in [0, 0.05) is 36.3 Å². The molecule has 0 unspecified atom stereocenters. The predicted octanol–water partition coefficient (Wildman–Crippen LogP) is 1.30. The zero-order valence-electron chi connectivity index (χ0n) is 10.6. The Morgan fingerprint density at radius 3 is 2.95 bits per heavy atom. The molecule has 5 heteroatoms. The van der Waals surface area contributed by atoms with Crippen molar-refractivity contribution in [3.8, 4) is 11.8 Å². The summed E-state index contributed by atoms with van der Waals surface area (Å²) < 4.78 is 0.930. The third kappa shape index (κ3) is 5.03. The molecule has 0 atom stereocenters. The number of benzene rings is 1. The lowest BCUT2D eigenvalue weighted by Crippen LogP contribution is -2.43. The molecule has 0 aliphatic carbocycles. The molecule has 19 heavy (non-hydrogen) atoms. The highest BCUT2D eigenvalue weighted by atomic mass is 79.9. The average molecular weight is 322 g/mol. The molecular weight excluding hydrogens is 306 g/mol. The summed E-state index contributed by atoms with van der Waals surface area (Å²) in [7, 11) is 0. The molecule has 2 N–H and O–H groups in total. The lowest BCUT2D eigenvalue weighted by molar-refractivity contribution is -0.111. The maximum absolute atomic E-state index is 11.6. The van der Waals surface area contributed by atoms with Gasteiger partial charge in [0.05, 0.1) is 6.54 Å². The van der Waals surface area contributed by atoms with E-state index in [-0.39, 0.29) is 5.91 Å². The van der Waals surface area contributed by atoms with Crippen molar-refractivity contribution in [2.75, 3.05) is 38.0 Å². The summed E-state index contributed by atoms with van der Waals surface area (Å²) in [6.45, 7) is 4.61. The molecule has 1 heterocycles. The molecule has 0 saturated carbocycles. The number of amides is 1. The van der Waals surface area contributed by atoms with Crippen LogP contribution in [0.5, 0.6) is 0 Å². The van der Waals surface area contributed by atoms with Crippen LogP contribution in [0.15, 0.2) is 28.7 Å². The molecule has 1 aliphatic rings. The van der Waals surface area contributed by atoms with Crippen LogP contribution in [0.3, 0.4) is 0 Å². The van der Waals surface area contributed by atoms with Crippen LogP contribution >= 0.6 is 15.9 Å². The predicted molar refractivity (Wildman–Crippen MR) is 79.9 cm³/mol. The van der Waals surface area contributed by atoms with E-state index in [9.17, 15) is 4.79 Å². The van der Waals surface area contributed by atoms with E-state index in [1.165, 1.54) is 0 Å². The maximum atomic E-state index is 11.6. The number of hydrogen-bond donors (Lipinski definition) is 2. The van der Waals surface area contributed by atoms with Crippen LogP contribution in [0.1, 0.15) is 0 Å². The van der Waals surface area contributed by atoms with Gasteiger partial charge in [-0.3, -0.25) is 9.69 Å². The van der Waals surface area contributed by atoms with Gasteiger partial charge in [0.1, 0.15) is 0 Å². The Morgan fingerprint density at radius 1 is 1.42 bits per heavy atom. The van der Waals surface area contributed by atoms with Gasteiger partial charge in [-0.15, -0.1) is 0 Å². The van der Waals surface area contributed by atoms with Gasteiger partial charge in [0.25, 0.3) is 5.91 Å². The van der Waals surface area contributed by atoms with Crippen molar-refractivity contribution in [3.63, 3.8) is 0 Å². The van der Waals surface area contributed by atoms with Gasteiger partial charge in [-0.05, 0) is 24.1 Å². The number of carbonyl (C=O) groups is 1. The molecule has 0 spiro atoms. The van der Waals surface area contributed by atoms with Gasteiger partial charge in [0.15, 0.2) is 0 Å². The molecular formula is C14H16BrN3O. The lowest BCUT2D eigenvalue weighted by Gasteiger charge is -2.24. The van der Waals surface area contributed by atoms with E-state index in [4.69, 9.17) is 0 Å². The van der Waals surface area contributed by atoms with Crippen LogP contribution in [-0.2, 0) is 4.79 Å². The van der Waals surface area contributed by atoms with E-state index in [0.717, 1.165) is 36.3 Å². The second-order valence-electron chi connectivity index (χ2n) is 4.29. The SMILES string of the molecule is O=C(C#CCN1CCNCC1)Nc1cccc(Br)c1. The minimum Gasteiger partial charge on any atom is -0.315 e. The van der Waals surface area contributed by atoms with Crippen LogP contribution in [0.25, 0.3) is 0 Å². The first-order chi connectivity index (χ1) is 9.24. The smallest absolute Gasteiger partial charge is 0.300 e. The topological polar surface area (TPSA) is 44.4 Å². The fourth-order valence-electron chi connectivity index (χ4n) is 1.83. The molecule has 1 aromatic carbocycles. The molecule has 2 rings (SSSR count). The molecule has 1 aliphatic heterocycles. The number of hydrogen-bond acceptors (Lipinski definition) is 3. The molecule has 1 saturated heterocycles. The van der Waals surface area contributed by atoms with Gasteiger partial charge in [-0.1, -0.05) is 27.9 Å². The summed E-state index contributed by atoms with van der Waals surface area (Å²) in [5.41, 5.74) is 0.746. The number of rotatable bonds is 2. The van der Waals surface area contributed by atoms with E-state index < -0.39 is 0 Å². The highest BCUT2D eigenvalue weighted by Crippen LogP contribution is 2.15. The highest BCUT2D eigenvalue weighted by Gasteiger charge is 2.06. The molecule has 0 radical (unpaired) electrons. The van der Waals surface area contributed by atoms with Crippen LogP contribution in [0, 0.1) is 11.8 Å². The monoisotopic (exact) mass is 321 g/mol. The summed E-state index contributed by atoms with van der Waals surface area (Å²) in [4.78, 5) is 13.9. The molecule has 1 aromatic rings. The van der Waals surface area contributed by atoms with E-state index in [1.54, 1.807) is 0 Å². The molecule has 4 nitrogen and oxygen atoms in total. The lowest BCUT2D eigenvalue weighted by atomic mass is 10.3. The van der Waals surface area contributed by atoms with E-state index in [2.05, 4.69) is 43.3 Å². The van der Waals surface area contributed by atoms with E-state index >= 15 is 0 Å². The maximum Gasteiger partial charge on any atom is 0.300 e. The van der Waals surface area contributed by atoms with Crippen LogP contribution in [0.4, 0.5) is 5.69 Å². The fraction of sp³-hybridized carbons (Fsp3) is 0.357. The Labute approximate surface area is 121 Å². The minimum atomic E-state index is -0.270. The van der Waals surface area contributed by atoms with Crippen molar-refractivity contribution in [1.29, 1.82) is 0 Å². The summed E-state index contributed by atoms with van der Waals surface area (Å²) >= 11 is 3.36. The van der Waals surface area contributed by atoms with Gasteiger partial charge >= 0.3 is 0 Å². The first-order valence-corrected chi connectivity index (χ1v) is 7.02. The number of nitrogens with one attached hydrogen (secondary N) is 2. The van der Waals surface area contributed by atoms with Crippen molar-refractivity contribution >= 4 is 27.5 Å². The third-order valence-corrected chi connectivity index (χ3v) is 3.29. The fourth-order valence-corrected chi connectivity index (χ4v) is 2.23.